The fourth-order valence-electron chi connectivity index (χ4n) is 2.03. The van der Waals surface area contributed by atoms with Gasteiger partial charge in [0.05, 0.1) is 36.5 Å². The van der Waals surface area contributed by atoms with Crippen molar-refractivity contribution in [3.63, 3.8) is 0 Å². The number of aryl methyl sites for hydroxylation is 1. The molecule has 0 unspecified atom stereocenters. The highest BCUT2D eigenvalue weighted by atomic mass is 16.5. The van der Waals surface area contributed by atoms with Crippen molar-refractivity contribution < 1.29 is 9.47 Å². The third kappa shape index (κ3) is 3.76. The summed E-state index contributed by atoms with van der Waals surface area (Å²) in [4.78, 5) is 4.15. The van der Waals surface area contributed by atoms with E-state index in [2.05, 4.69) is 22.5 Å². The molecule has 0 spiro atoms. The van der Waals surface area contributed by atoms with Crippen LogP contribution in [0.1, 0.15) is 31.5 Å². The molecule has 1 aromatic heterocycles. The van der Waals surface area contributed by atoms with E-state index in [1.54, 1.807) is 24.4 Å². The van der Waals surface area contributed by atoms with E-state index in [0.717, 1.165) is 18.7 Å². The van der Waals surface area contributed by atoms with E-state index in [9.17, 15) is 0 Å². The molecule has 0 aliphatic carbocycles. The Bertz CT molecular complexity index is 629. The van der Waals surface area contributed by atoms with Gasteiger partial charge in [0.25, 0.3) is 0 Å². The quantitative estimate of drug-likeness (QED) is 0.784. The number of hydrogen-bond donors (Lipinski definition) is 0. The average molecular weight is 285 g/mol. The number of hydrogen-bond acceptors (Lipinski definition) is 4. The molecule has 0 fully saturated rings. The van der Waals surface area contributed by atoms with Crippen LogP contribution in [0.4, 0.5) is 0 Å². The van der Waals surface area contributed by atoms with E-state index >= 15 is 0 Å². The largest absolute Gasteiger partial charge is 0.490 e. The van der Waals surface area contributed by atoms with Crippen LogP contribution in [0.15, 0.2) is 30.7 Å². The van der Waals surface area contributed by atoms with Crippen molar-refractivity contribution in [2.45, 2.75) is 33.4 Å². The SMILES string of the molecule is CCCn1cncc1COc1ccc(C#N)cc1OCC. The summed E-state index contributed by atoms with van der Waals surface area (Å²) in [5.74, 6) is 1.23. The highest BCUT2D eigenvalue weighted by Crippen LogP contribution is 2.29. The van der Waals surface area contributed by atoms with Crippen molar-refractivity contribution in [2.75, 3.05) is 6.61 Å². The van der Waals surface area contributed by atoms with Crippen molar-refractivity contribution in [1.29, 1.82) is 5.26 Å². The predicted octanol–water partition coefficient (Wildman–Crippen LogP) is 3.14. The lowest BCUT2D eigenvalue weighted by molar-refractivity contribution is 0.262. The first-order valence-corrected chi connectivity index (χ1v) is 7.07. The van der Waals surface area contributed by atoms with Gasteiger partial charge >= 0.3 is 0 Å². The maximum Gasteiger partial charge on any atom is 0.162 e. The molecule has 110 valence electrons. The first-order chi connectivity index (χ1) is 10.3. The van der Waals surface area contributed by atoms with Gasteiger partial charge in [-0.2, -0.15) is 5.26 Å². The van der Waals surface area contributed by atoms with Gasteiger partial charge in [0.2, 0.25) is 0 Å². The van der Waals surface area contributed by atoms with Crippen LogP contribution in [0.2, 0.25) is 0 Å². The first kappa shape index (κ1) is 14.9. The van der Waals surface area contributed by atoms with Crippen molar-refractivity contribution >= 4 is 0 Å². The van der Waals surface area contributed by atoms with Gasteiger partial charge in [0.1, 0.15) is 6.61 Å². The van der Waals surface area contributed by atoms with Crippen molar-refractivity contribution in [3.05, 3.63) is 42.0 Å². The fraction of sp³-hybridized carbons (Fsp3) is 0.375. The molecule has 0 radical (unpaired) electrons. The molecule has 0 amide bonds. The summed E-state index contributed by atoms with van der Waals surface area (Å²) < 4.78 is 13.4. The van der Waals surface area contributed by atoms with Gasteiger partial charge in [0.15, 0.2) is 11.5 Å². The van der Waals surface area contributed by atoms with Gasteiger partial charge in [-0.1, -0.05) is 6.92 Å². The van der Waals surface area contributed by atoms with Crippen LogP contribution in [0.5, 0.6) is 11.5 Å². The van der Waals surface area contributed by atoms with Gasteiger partial charge in [-0.3, -0.25) is 0 Å². The minimum atomic E-state index is 0.423. The molecular formula is C16H19N3O2. The lowest BCUT2D eigenvalue weighted by Crippen LogP contribution is -2.06. The fourth-order valence-corrected chi connectivity index (χ4v) is 2.03. The Morgan fingerprint density at radius 3 is 2.81 bits per heavy atom. The lowest BCUT2D eigenvalue weighted by Gasteiger charge is -2.13. The number of aromatic nitrogens is 2. The van der Waals surface area contributed by atoms with E-state index in [-0.39, 0.29) is 0 Å². The Balaban J connectivity index is 2.12. The van der Waals surface area contributed by atoms with Gasteiger partial charge in [-0.15, -0.1) is 0 Å². The van der Waals surface area contributed by atoms with E-state index < -0.39 is 0 Å². The van der Waals surface area contributed by atoms with Crippen LogP contribution in [0, 0.1) is 11.3 Å². The number of nitrogens with zero attached hydrogens (tertiary/aromatic N) is 3. The molecule has 2 aromatic rings. The molecule has 0 N–H and O–H groups in total. The molecule has 5 heteroatoms. The highest BCUT2D eigenvalue weighted by Gasteiger charge is 2.08. The Hall–Kier alpha value is -2.48. The van der Waals surface area contributed by atoms with E-state index in [1.807, 2.05) is 13.3 Å². The Morgan fingerprint density at radius 2 is 2.10 bits per heavy atom. The Labute approximate surface area is 124 Å². The van der Waals surface area contributed by atoms with Gasteiger partial charge in [-0.25, -0.2) is 4.98 Å². The van der Waals surface area contributed by atoms with Crippen molar-refractivity contribution in [3.8, 4) is 17.6 Å². The molecule has 0 saturated carbocycles. The van der Waals surface area contributed by atoms with E-state index in [1.165, 1.54) is 0 Å². The van der Waals surface area contributed by atoms with Crippen molar-refractivity contribution in [1.82, 2.24) is 9.55 Å². The minimum Gasteiger partial charge on any atom is -0.490 e. The van der Waals surface area contributed by atoms with Gasteiger partial charge in [0, 0.05) is 12.6 Å². The number of nitriles is 1. The van der Waals surface area contributed by atoms with Crippen LogP contribution in [0.3, 0.4) is 0 Å². The lowest BCUT2D eigenvalue weighted by atomic mass is 10.2. The molecule has 21 heavy (non-hydrogen) atoms. The van der Waals surface area contributed by atoms with Gasteiger partial charge < -0.3 is 14.0 Å². The topological polar surface area (TPSA) is 60.1 Å². The number of benzene rings is 1. The normalized spacial score (nSPS) is 10.1. The molecule has 2 rings (SSSR count). The highest BCUT2D eigenvalue weighted by molar-refractivity contribution is 5.46. The van der Waals surface area contributed by atoms with Crippen LogP contribution in [0.25, 0.3) is 0 Å². The smallest absolute Gasteiger partial charge is 0.162 e. The summed E-state index contributed by atoms with van der Waals surface area (Å²) >= 11 is 0. The Kier molecular flexibility index (Phi) is 5.22. The zero-order chi connectivity index (χ0) is 15.1. The number of imidazole rings is 1. The molecule has 5 nitrogen and oxygen atoms in total. The number of rotatable bonds is 7. The third-order valence-electron chi connectivity index (χ3n) is 3.01. The van der Waals surface area contributed by atoms with Crippen LogP contribution in [-0.2, 0) is 13.2 Å². The van der Waals surface area contributed by atoms with Crippen molar-refractivity contribution in [2.24, 2.45) is 0 Å². The number of ether oxygens (including phenoxy) is 2. The summed E-state index contributed by atoms with van der Waals surface area (Å²) in [6, 6.07) is 7.29. The maximum atomic E-state index is 8.94. The second-order valence-corrected chi connectivity index (χ2v) is 4.57. The van der Waals surface area contributed by atoms with Crippen LogP contribution >= 0.6 is 0 Å². The second kappa shape index (κ2) is 7.34. The first-order valence-electron chi connectivity index (χ1n) is 7.07. The molecule has 0 atom stereocenters. The maximum absolute atomic E-state index is 8.94. The molecule has 1 aromatic carbocycles. The zero-order valence-corrected chi connectivity index (χ0v) is 12.4. The summed E-state index contributed by atoms with van der Waals surface area (Å²) in [6.45, 7) is 5.90. The summed E-state index contributed by atoms with van der Waals surface area (Å²) in [6.07, 6.45) is 4.66. The predicted molar refractivity (Wildman–Crippen MR) is 79.2 cm³/mol. The molecule has 0 aliphatic rings. The molecule has 0 aliphatic heterocycles. The second-order valence-electron chi connectivity index (χ2n) is 4.57. The summed E-state index contributed by atoms with van der Waals surface area (Å²) in [5.41, 5.74) is 1.57. The van der Waals surface area contributed by atoms with E-state index in [4.69, 9.17) is 14.7 Å². The van der Waals surface area contributed by atoms with Crippen LogP contribution in [-0.4, -0.2) is 16.2 Å². The standard InChI is InChI=1S/C16H19N3O2/c1-3-7-19-12-18-10-14(19)11-21-15-6-5-13(9-17)8-16(15)20-4-2/h5-6,8,10,12H,3-4,7,11H2,1-2H3. The average Bonchev–Trinajstić information content (AvgIpc) is 2.94. The molecular weight excluding hydrogens is 266 g/mol. The zero-order valence-electron chi connectivity index (χ0n) is 12.4. The Morgan fingerprint density at radius 1 is 1.24 bits per heavy atom. The third-order valence-corrected chi connectivity index (χ3v) is 3.01. The monoisotopic (exact) mass is 285 g/mol. The molecule has 1 heterocycles. The minimum absolute atomic E-state index is 0.423. The van der Waals surface area contributed by atoms with Crippen LogP contribution < -0.4 is 9.47 Å². The molecule has 0 saturated heterocycles. The molecule has 0 bridgehead atoms. The summed E-state index contributed by atoms with van der Waals surface area (Å²) in [5, 5.41) is 8.94. The van der Waals surface area contributed by atoms with Gasteiger partial charge in [-0.05, 0) is 25.5 Å². The van der Waals surface area contributed by atoms with E-state index in [0.29, 0.717) is 30.3 Å². The summed E-state index contributed by atoms with van der Waals surface area (Å²) in [7, 11) is 0.